The normalized spacial score (nSPS) is 10.3. The number of aromatic nitrogens is 3. The van der Waals surface area contributed by atoms with Gasteiger partial charge in [-0.3, -0.25) is 0 Å². The number of carboxylic acids is 1. The fourth-order valence-electron chi connectivity index (χ4n) is 1.67. The Morgan fingerprint density at radius 1 is 1.44 bits per heavy atom. The first kappa shape index (κ1) is 12.1. The SMILES string of the molecule is Cn1cnnc1CCNc1ccccc1C(=O)O. The van der Waals surface area contributed by atoms with Crippen LogP contribution in [0.4, 0.5) is 5.69 Å². The van der Waals surface area contributed by atoms with E-state index in [1.807, 2.05) is 11.6 Å². The van der Waals surface area contributed by atoms with Crippen LogP contribution in [0.1, 0.15) is 16.2 Å². The van der Waals surface area contributed by atoms with E-state index in [-0.39, 0.29) is 5.56 Å². The van der Waals surface area contributed by atoms with Gasteiger partial charge in [-0.1, -0.05) is 12.1 Å². The van der Waals surface area contributed by atoms with E-state index in [1.165, 1.54) is 0 Å². The van der Waals surface area contributed by atoms with Gasteiger partial charge in [-0.25, -0.2) is 4.79 Å². The average molecular weight is 246 g/mol. The molecule has 2 N–H and O–H groups in total. The lowest BCUT2D eigenvalue weighted by molar-refractivity contribution is 0.0698. The molecule has 0 atom stereocenters. The maximum atomic E-state index is 11.0. The number of benzene rings is 1. The number of aryl methyl sites for hydroxylation is 1. The quantitative estimate of drug-likeness (QED) is 0.827. The van der Waals surface area contributed by atoms with Gasteiger partial charge in [0.25, 0.3) is 0 Å². The molecule has 0 spiro atoms. The predicted molar refractivity (Wildman–Crippen MR) is 66.6 cm³/mol. The summed E-state index contributed by atoms with van der Waals surface area (Å²) < 4.78 is 1.84. The number of hydrogen-bond donors (Lipinski definition) is 2. The number of anilines is 1. The standard InChI is InChI=1S/C12H14N4O2/c1-16-8-14-15-11(16)6-7-13-10-5-3-2-4-9(10)12(17)18/h2-5,8,13H,6-7H2,1H3,(H,17,18). The van der Waals surface area contributed by atoms with Crippen LogP contribution in [-0.4, -0.2) is 32.4 Å². The molecule has 2 rings (SSSR count). The summed E-state index contributed by atoms with van der Waals surface area (Å²) in [6.45, 7) is 0.608. The monoisotopic (exact) mass is 246 g/mol. The van der Waals surface area contributed by atoms with Crippen LogP contribution in [-0.2, 0) is 13.5 Å². The van der Waals surface area contributed by atoms with E-state index in [2.05, 4.69) is 15.5 Å². The Labute approximate surface area is 104 Å². The average Bonchev–Trinajstić information content (AvgIpc) is 2.76. The van der Waals surface area contributed by atoms with Crippen molar-refractivity contribution in [3.63, 3.8) is 0 Å². The van der Waals surface area contributed by atoms with E-state index in [4.69, 9.17) is 5.11 Å². The van der Waals surface area contributed by atoms with Crippen molar-refractivity contribution in [3.05, 3.63) is 42.0 Å². The van der Waals surface area contributed by atoms with Gasteiger partial charge >= 0.3 is 5.97 Å². The van der Waals surface area contributed by atoms with E-state index in [1.54, 1.807) is 30.6 Å². The summed E-state index contributed by atoms with van der Waals surface area (Å²) in [4.78, 5) is 11.0. The molecular formula is C12H14N4O2. The second kappa shape index (κ2) is 5.31. The number of nitrogens with zero attached hydrogens (tertiary/aromatic N) is 3. The lowest BCUT2D eigenvalue weighted by atomic mass is 10.2. The molecular weight excluding hydrogens is 232 g/mol. The molecule has 0 aliphatic rings. The minimum absolute atomic E-state index is 0.274. The Bertz CT molecular complexity index is 551. The molecule has 0 amide bonds. The summed E-state index contributed by atoms with van der Waals surface area (Å²) >= 11 is 0. The number of carboxylic acid groups (broad SMARTS) is 1. The van der Waals surface area contributed by atoms with Crippen LogP contribution >= 0.6 is 0 Å². The first-order valence-electron chi connectivity index (χ1n) is 5.57. The Morgan fingerprint density at radius 3 is 2.89 bits per heavy atom. The highest BCUT2D eigenvalue weighted by Crippen LogP contribution is 2.14. The third-order valence-corrected chi connectivity index (χ3v) is 2.63. The topological polar surface area (TPSA) is 80.0 Å². The van der Waals surface area contributed by atoms with Crippen molar-refractivity contribution < 1.29 is 9.90 Å². The highest BCUT2D eigenvalue weighted by Gasteiger charge is 2.08. The van der Waals surface area contributed by atoms with Crippen LogP contribution in [0.5, 0.6) is 0 Å². The second-order valence-corrected chi connectivity index (χ2v) is 3.89. The van der Waals surface area contributed by atoms with Gasteiger partial charge in [0.15, 0.2) is 0 Å². The zero-order valence-electron chi connectivity index (χ0n) is 10.00. The number of hydrogen-bond acceptors (Lipinski definition) is 4. The number of nitrogens with one attached hydrogen (secondary N) is 1. The van der Waals surface area contributed by atoms with Gasteiger partial charge in [0.1, 0.15) is 12.2 Å². The Hall–Kier alpha value is -2.37. The van der Waals surface area contributed by atoms with Gasteiger partial charge in [-0.15, -0.1) is 10.2 Å². The van der Waals surface area contributed by atoms with E-state index < -0.39 is 5.97 Å². The zero-order valence-corrected chi connectivity index (χ0v) is 10.00. The lowest BCUT2D eigenvalue weighted by Gasteiger charge is -2.08. The van der Waals surface area contributed by atoms with E-state index in [0.29, 0.717) is 18.7 Å². The van der Waals surface area contributed by atoms with Gasteiger partial charge in [0.05, 0.1) is 5.56 Å². The predicted octanol–water partition coefficient (Wildman–Crippen LogP) is 1.17. The molecule has 0 fully saturated rings. The van der Waals surface area contributed by atoms with Crippen LogP contribution in [0.25, 0.3) is 0 Å². The molecule has 0 saturated heterocycles. The van der Waals surface area contributed by atoms with Crippen LogP contribution in [0, 0.1) is 0 Å². The fourth-order valence-corrected chi connectivity index (χ4v) is 1.67. The second-order valence-electron chi connectivity index (χ2n) is 3.89. The molecule has 0 aliphatic carbocycles. The molecule has 2 aromatic rings. The number of aromatic carboxylic acids is 1. The van der Waals surface area contributed by atoms with Crippen molar-refractivity contribution in [1.82, 2.24) is 14.8 Å². The third-order valence-electron chi connectivity index (χ3n) is 2.63. The van der Waals surface area contributed by atoms with Crippen molar-refractivity contribution in [2.75, 3.05) is 11.9 Å². The van der Waals surface area contributed by atoms with Gasteiger partial charge in [-0.2, -0.15) is 0 Å². The van der Waals surface area contributed by atoms with Crippen LogP contribution in [0.2, 0.25) is 0 Å². The zero-order chi connectivity index (χ0) is 13.0. The van der Waals surface area contributed by atoms with Crippen molar-refractivity contribution >= 4 is 11.7 Å². The van der Waals surface area contributed by atoms with Crippen molar-refractivity contribution in [3.8, 4) is 0 Å². The van der Waals surface area contributed by atoms with Gasteiger partial charge in [-0.05, 0) is 12.1 Å². The Balaban J connectivity index is 1.99. The molecule has 18 heavy (non-hydrogen) atoms. The molecule has 0 unspecified atom stereocenters. The van der Waals surface area contributed by atoms with Gasteiger partial charge < -0.3 is 15.0 Å². The van der Waals surface area contributed by atoms with Crippen molar-refractivity contribution in [2.45, 2.75) is 6.42 Å². The summed E-state index contributed by atoms with van der Waals surface area (Å²) in [7, 11) is 1.88. The maximum Gasteiger partial charge on any atom is 0.337 e. The van der Waals surface area contributed by atoms with Crippen LogP contribution < -0.4 is 5.32 Å². The highest BCUT2D eigenvalue weighted by atomic mass is 16.4. The molecule has 1 aromatic carbocycles. The minimum Gasteiger partial charge on any atom is -0.478 e. The summed E-state index contributed by atoms with van der Waals surface area (Å²) in [5.74, 6) is -0.0768. The molecule has 0 aliphatic heterocycles. The van der Waals surface area contributed by atoms with E-state index in [0.717, 1.165) is 5.82 Å². The fraction of sp³-hybridized carbons (Fsp3) is 0.250. The number of para-hydroxylation sites is 1. The largest absolute Gasteiger partial charge is 0.478 e. The molecule has 1 heterocycles. The Kier molecular flexibility index (Phi) is 3.57. The first-order chi connectivity index (χ1) is 8.68. The first-order valence-corrected chi connectivity index (χ1v) is 5.57. The smallest absolute Gasteiger partial charge is 0.337 e. The van der Waals surface area contributed by atoms with E-state index in [9.17, 15) is 4.79 Å². The molecule has 6 heteroatoms. The van der Waals surface area contributed by atoms with Crippen LogP contribution in [0.3, 0.4) is 0 Å². The van der Waals surface area contributed by atoms with Crippen molar-refractivity contribution in [1.29, 1.82) is 0 Å². The van der Waals surface area contributed by atoms with E-state index >= 15 is 0 Å². The lowest BCUT2D eigenvalue weighted by Crippen LogP contribution is -2.11. The molecule has 0 radical (unpaired) electrons. The summed E-state index contributed by atoms with van der Waals surface area (Å²) in [5.41, 5.74) is 0.891. The minimum atomic E-state index is -0.934. The highest BCUT2D eigenvalue weighted by molar-refractivity contribution is 5.94. The molecule has 94 valence electrons. The molecule has 1 aromatic heterocycles. The maximum absolute atomic E-state index is 11.0. The molecule has 0 bridgehead atoms. The number of rotatable bonds is 5. The third kappa shape index (κ3) is 2.65. The van der Waals surface area contributed by atoms with Crippen LogP contribution in [0.15, 0.2) is 30.6 Å². The van der Waals surface area contributed by atoms with Crippen molar-refractivity contribution in [2.24, 2.45) is 7.05 Å². The Morgan fingerprint density at radius 2 is 2.22 bits per heavy atom. The van der Waals surface area contributed by atoms with Gasteiger partial charge in [0.2, 0.25) is 0 Å². The van der Waals surface area contributed by atoms with Gasteiger partial charge in [0, 0.05) is 25.7 Å². The number of carbonyl (C=O) groups is 1. The molecule has 6 nitrogen and oxygen atoms in total. The summed E-state index contributed by atoms with van der Waals surface area (Å²) in [5, 5.41) is 19.9. The summed E-state index contributed by atoms with van der Waals surface area (Å²) in [6.07, 6.45) is 2.32. The summed E-state index contributed by atoms with van der Waals surface area (Å²) in [6, 6.07) is 6.83. The molecule has 0 saturated carbocycles.